The summed E-state index contributed by atoms with van der Waals surface area (Å²) in [6.07, 6.45) is 14.2. The van der Waals surface area contributed by atoms with Gasteiger partial charge in [0.25, 0.3) is 0 Å². The van der Waals surface area contributed by atoms with E-state index < -0.39 is 18.3 Å². The van der Waals surface area contributed by atoms with Crippen molar-refractivity contribution < 1.29 is 24.5 Å². The second-order valence-corrected chi connectivity index (χ2v) is 10.2. The average Bonchev–Trinajstić information content (AvgIpc) is 3.41. The Morgan fingerprint density at radius 2 is 1.94 bits per heavy atom. The molecular formula is C28H42O5. The van der Waals surface area contributed by atoms with Crippen molar-refractivity contribution in [3.05, 3.63) is 47.6 Å². The topological polar surface area (TPSA) is 76.0 Å². The predicted molar refractivity (Wildman–Crippen MR) is 131 cm³/mol. The molecule has 2 aliphatic heterocycles. The van der Waals surface area contributed by atoms with Crippen molar-refractivity contribution >= 4 is 6.29 Å². The van der Waals surface area contributed by atoms with Crippen molar-refractivity contribution in [3.8, 4) is 0 Å². The zero-order valence-electron chi connectivity index (χ0n) is 20.8. The number of allylic oxidation sites excluding steroid dienone is 4. The van der Waals surface area contributed by atoms with Crippen LogP contribution >= 0.6 is 0 Å². The Hall–Kier alpha value is -1.53. The number of rotatable bonds is 9. The summed E-state index contributed by atoms with van der Waals surface area (Å²) in [5, 5.41) is 20.3. The number of hydrogen-bond acceptors (Lipinski definition) is 5. The van der Waals surface area contributed by atoms with E-state index in [4.69, 9.17) is 9.47 Å². The van der Waals surface area contributed by atoms with Crippen LogP contribution in [0.15, 0.2) is 47.6 Å². The molecule has 0 radical (unpaired) electrons. The maximum absolute atomic E-state index is 10.8. The van der Waals surface area contributed by atoms with Crippen LogP contribution in [0.5, 0.6) is 0 Å². The number of aldehydes is 1. The van der Waals surface area contributed by atoms with Gasteiger partial charge in [-0.05, 0) is 61.5 Å². The number of carbonyl (C=O) groups excluding carboxylic acids is 1. The largest absolute Gasteiger partial charge is 0.390 e. The highest BCUT2D eigenvalue weighted by Crippen LogP contribution is 2.48. The summed E-state index contributed by atoms with van der Waals surface area (Å²) in [5.41, 5.74) is 2.64. The fourth-order valence-electron chi connectivity index (χ4n) is 5.15. The third kappa shape index (κ3) is 6.75. The van der Waals surface area contributed by atoms with Gasteiger partial charge in [0.2, 0.25) is 0 Å². The summed E-state index contributed by atoms with van der Waals surface area (Å²) in [5.74, 6) is 1.74. The Morgan fingerprint density at radius 3 is 2.64 bits per heavy atom. The molecule has 5 heteroatoms. The van der Waals surface area contributed by atoms with Crippen molar-refractivity contribution in [3.63, 3.8) is 0 Å². The van der Waals surface area contributed by atoms with Gasteiger partial charge in [-0.2, -0.15) is 0 Å². The van der Waals surface area contributed by atoms with Crippen LogP contribution in [0.25, 0.3) is 0 Å². The number of carbonyl (C=O) groups is 1. The third-order valence-electron chi connectivity index (χ3n) is 7.52. The molecule has 2 fully saturated rings. The lowest BCUT2D eigenvalue weighted by molar-refractivity contribution is -0.154. The van der Waals surface area contributed by atoms with E-state index in [1.165, 1.54) is 11.1 Å². The second kappa shape index (κ2) is 11.7. The van der Waals surface area contributed by atoms with E-state index in [0.29, 0.717) is 30.1 Å². The van der Waals surface area contributed by atoms with Crippen LogP contribution < -0.4 is 0 Å². The van der Waals surface area contributed by atoms with Gasteiger partial charge in [-0.25, -0.2) is 0 Å². The summed E-state index contributed by atoms with van der Waals surface area (Å²) >= 11 is 0. The Balaban J connectivity index is 1.52. The fraction of sp³-hybridized carbons (Fsp3) is 0.679. The van der Waals surface area contributed by atoms with Gasteiger partial charge in [-0.3, -0.25) is 0 Å². The first-order chi connectivity index (χ1) is 15.7. The van der Waals surface area contributed by atoms with E-state index in [-0.39, 0.29) is 24.7 Å². The van der Waals surface area contributed by atoms with E-state index in [9.17, 15) is 15.0 Å². The van der Waals surface area contributed by atoms with Crippen molar-refractivity contribution in [2.45, 2.75) is 96.9 Å². The number of aliphatic hydroxyl groups excluding tert-OH is 2. The zero-order chi connectivity index (χ0) is 24.1. The van der Waals surface area contributed by atoms with Gasteiger partial charge in [0.05, 0.1) is 24.4 Å². The van der Waals surface area contributed by atoms with Crippen LogP contribution in [-0.4, -0.2) is 53.1 Å². The molecule has 3 aliphatic rings. The molecular weight excluding hydrogens is 416 g/mol. The van der Waals surface area contributed by atoms with E-state index in [1.54, 1.807) is 0 Å². The molecule has 2 N–H and O–H groups in total. The smallest absolute Gasteiger partial charge is 0.122 e. The maximum Gasteiger partial charge on any atom is 0.122 e. The van der Waals surface area contributed by atoms with Crippen LogP contribution in [0.3, 0.4) is 0 Å². The van der Waals surface area contributed by atoms with Gasteiger partial charge >= 0.3 is 0 Å². The number of ether oxygens (including phenoxy) is 2. The lowest BCUT2D eigenvalue weighted by atomic mass is 9.96. The second-order valence-electron chi connectivity index (χ2n) is 10.2. The minimum Gasteiger partial charge on any atom is -0.390 e. The van der Waals surface area contributed by atoms with E-state index >= 15 is 0 Å². The van der Waals surface area contributed by atoms with E-state index in [0.717, 1.165) is 19.1 Å². The summed E-state index contributed by atoms with van der Waals surface area (Å²) in [4.78, 5) is 10.8. The van der Waals surface area contributed by atoms with Gasteiger partial charge in [-0.15, -0.1) is 0 Å². The first-order valence-corrected chi connectivity index (χ1v) is 12.6. The molecule has 0 amide bonds. The molecule has 1 aliphatic carbocycles. The predicted octanol–water partition coefficient (Wildman–Crippen LogP) is 4.55. The van der Waals surface area contributed by atoms with Crippen LogP contribution in [-0.2, 0) is 14.3 Å². The van der Waals surface area contributed by atoms with Crippen LogP contribution in [0.2, 0.25) is 0 Å². The molecule has 10 atom stereocenters. The number of hydrogen-bond donors (Lipinski definition) is 2. The van der Waals surface area contributed by atoms with Gasteiger partial charge in [0.1, 0.15) is 18.5 Å². The van der Waals surface area contributed by atoms with E-state index in [2.05, 4.69) is 65.0 Å². The first kappa shape index (κ1) is 26.1. The quantitative estimate of drug-likeness (QED) is 0.392. The molecule has 5 nitrogen and oxygen atoms in total. The standard InChI is InChI=1S/C28H42O5/c1-6-25-18(3)8-11-26(33-25)19(4)15-17(2)7-9-22-20(5)23(22)10-12-27-28(31)24(30)16-21(32-27)13-14-29/h7-10,12,14-15,17,20-28,30-31H,6,11,13,16H2,1-5H3/b9-7+,12-10+,19-15+/t17-,20-,21-,22+,23+,24+,25-,26-,27+,28-/m1/s1. The fourth-order valence-corrected chi connectivity index (χ4v) is 5.15. The van der Waals surface area contributed by atoms with Crippen LogP contribution in [0.4, 0.5) is 0 Å². The molecule has 33 heavy (non-hydrogen) atoms. The average molecular weight is 459 g/mol. The third-order valence-corrected chi connectivity index (χ3v) is 7.52. The summed E-state index contributed by atoms with van der Waals surface area (Å²) in [6.45, 7) is 10.9. The SMILES string of the molecule is CC[C@H]1O[C@@H](/C(C)=C/[C@H](C)/C=C/[C@H]2[C@@H](C)[C@@H]2/C=C/[C@@H]2O[C@H](CC=O)C[C@H](O)[C@H]2O)CC=C1C. The maximum atomic E-state index is 10.8. The first-order valence-electron chi connectivity index (χ1n) is 12.6. The Kier molecular flexibility index (Phi) is 9.28. The molecule has 1 saturated heterocycles. The summed E-state index contributed by atoms with van der Waals surface area (Å²) < 4.78 is 12.1. The van der Waals surface area contributed by atoms with Crippen LogP contribution in [0.1, 0.15) is 60.3 Å². The minimum atomic E-state index is -0.951. The van der Waals surface area contributed by atoms with Gasteiger partial charge in [0.15, 0.2) is 0 Å². The minimum absolute atomic E-state index is 0.172. The van der Waals surface area contributed by atoms with Crippen molar-refractivity contribution in [2.75, 3.05) is 0 Å². The monoisotopic (exact) mass is 458 g/mol. The molecule has 0 aromatic rings. The summed E-state index contributed by atoms with van der Waals surface area (Å²) in [6, 6.07) is 0. The van der Waals surface area contributed by atoms with Crippen molar-refractivity contribution in [1.82, 2.24) is 0 Å². The zero-order valence-corrected chi connectivity index (χ0v) is 20.8. The Morgan fingerprint density at radius 1 is 1.21 bits per heavy atom. The van der Waals surface area contributed by atoms with E-state index in [1.807, 2.05) is 6.08 Å². The molecule has 0 aromatic heterocycles. The molecule has 0 aromatic carbocycles. The molecule has 0 spiro atoms. The van der Waals surface area contributed by atoms with Gasteiger partial charge in [-0.1, -0.05) is 57.2 Å². The molecule has 2 heterocycles. The Bertz CT molecular complexity index is 781. The highest BCUT2D eigenvalue weighted by atomic mass is 16.5. The highest BCUT2D eigenvalue weighted by molar-refractivity contribution is 5.50. The van der Waals surface area contributed by atoms with Gasteiger partial charge < -0.3 is 24.5 Å². The van der Waals surface area contributed by atoms with Crippen LogP contribution in [0, 0.1) is 23.7 Å². The molecule has 1 saturated carbocycles. The highest BCUT2D eigenvalue weighted by Gasteiger charge is 2.43. The van der Waals surface area contributed by atoms with Crippen molar-refractivity contribution in [2.24, 2.45) is 23.7 Å². The van der Waals surface area contributed by atoms with Gasteiger partial charge in [0, 0.05) is 12.8 Å². The van der Waals surface area contributed by atoms with Crippen molar-refractivity contribution in [1.29, 1.82) is 0 Å². The summed E-state index contributed by atoms with van der Waals surface area (Å²) in [7, 11) is 0. The number of aliphatic hydroxyl groups is 2. The molecule has 184 valence electrons. The normalized spacial score (nSPS) is 40.8. The molecule has 3 rings (SSSR count). The molecule has 0 unspecified atom stereocenters. The lowest BCUT2D eigenvalue weighted by Gasteiger charge is -2.35. The molecule has 0 bridgehead atoms. The lowest BCUT2D eigenvalue weighted by Crippen LogP contribution is -2.47. The Labute approximate surface area is 199 Å².